The maximum Gasteiger partial charge on any atom is 0.160 e. The van der Waals surface area contributed by atoms with Crippen LogP contribution in [0.2, 0.25) is 13.1 Å². The Kier molecular flexibility index (Phi) is 7.64. The zero-order chi connectivity index (χ0) is 34.4. The van der Waals surface area contributed by atoms with Gasteiger partial charge >= 0.3 is 0 Å². The Morgan fingerprint density at radius 1 is 0.333 bits per heavy atom. The van der Waals surface area contributed by atoms with Crippen LogP contribution in [-0.2, 0) is 0 Å². The molecule has 0 atom stereocenters. The molecule has 1 aliphatic heterocycles. The summed E-state index contributed by atoms with van der Waals surface area (Å²) in [6, 6.07) is 65.2. The van der Waals surface area contributed by atoms with Crippen molar-refractivity contribution in [2.75, 3.05) is 0 Å². The lowest BCUT2D eigenvalue weighted by Crippen LogP contribution is -2.50. The zero-order valence-electron chi connectivity index (χ0n) is 28.7. The number of hydrogen-bond acceptors (Lipinski definition) is 2. The fraction of sp³-hybridized carbons (Fsp3) is 0.0417. The summed E-state index contributed by atoms with van der Waals surface area (Å²) in [5.74, 6) is 0.762. The van der Waals surface area contributed by atoms with Crippen molar-refractivity contribution in [1.29, 1.82) is 0 Å². The first-order valence-corrected chi connectivity index (χ1v) is 20.6. The summed E-state index contributed by atoms with van der Waals surface area (Å²) in [6.07, 6.45) is 0. The van der Waals surface area contributed by atoms with E-state index in [-0.39, 0.29) is 0 Å². The molecule has 0 saturated carbocycles. The molecule has 242 valence electrons. The monoisotopic (exact) mass is 668 g/mol. The van der Waals surface area contributed by atoms with Crippen molar-refractivity contribution >= 4 is 18.4 Å². The minimum absolute atomic E-state index is 0.762. The van der Waals surface area contributed by atoms with Crippen molar-refractivity contribution in [3.63, 3.8) is 0 Å². The number of aromatic nitrogens is 2. The fourth-order valence-corrected chi connectivity index (χ4v) is 10.9. The summed E-state index contributed by atoms with van der Waals surface area (Å²) in [5, 5.41) is 2.76. The predicted octanol–water partition coefficient (Wildman–Crippen LogP) is 11.3. The molecule has 0 fully saturated rings. The van der Waals surface area contributed by atoms with Gasteiger partial charge in [-0.25, -0.2) is 9.97 Å². The van der Waals surface area contributed by atoms with E-state index in [0.717, 1.165) is 39.5 Å². The molecule has 51 heavy (non-hydrogen) atoms. The molecule has 0 unspecified atom stereocenters. The lowest BCUT2D eigenvalue weighted by atomic mass is 9.95. The van der Waals surface area contributed by atoms with Crippen LogP contribution in [0.4, 0.5) is 0 Å². The minimum Gasteiger partial charge on any atom is -0.228 e. The Bertz CT molecular complexity index is 2540. The highest BCUT2D eigenvalue weighted by Crippen LogP contribution is 2.35. The average Bonchev–Trinajstić information content (AvgIpc) is 3.44. The van der Waals surface area contributed by atoms with E-state index >= 15 is 0 Å². The van der Waals surface area contributed by atoms with E-state index in [4.69, 9.17) is 9.97 Å². The van der Waals surface area contributed by atoms with Crippen molar-refractivity contribution in [2.24, 2.45) is 0 Å². The highest BCUT2D eigenvalue weighted by molar-refractivity contribution is 7.04. The lowest BCUT2D eigenvalue weighted by molar-refractivity contribution is 1.20. The van der Waals surface area contributed by atoms with E-state index in [0.29, 0.717) is 0 Å². The third kappa shape index (κ3) is 5.62. The molecule has 7 aromatic carbocycles. The van der Waals surface area contributed by atoms with Crippen LogP contribution in [0.15, 0.2) is 182 Å². The van der Waals surface area contributed by atoms with Gasteiger partial charge in [-0.1, -0.05) is 177 Å². The molecule has 0 aliphatic carbocycles. The molecule has 0 amide bonds. The van der Waals surface area contributed by atoms with Crippen LogP contribution >= 0.6 is 0 Å². The van der Waals surface area contributed by atoms with Gasteiger partial charge in [0.15, 0.2) is 5.82 Å². The minimum atomic E-state index is -2.00. The Balaban J connectivity index is 1.08. The summed E-state index contributed by atoms with van der Waals surface area (Å²) in [6.45, 7) is 4.86. The molecule has 2 heterocycles. The second-order valence-electron chi connectivity index (χ2n) is 13.8. The number of hydrogen-bond donors (Lipinski definition) is 0. The van der Waals surface area contributed by atoms with Crippen LogP contribution in [-0.4, -0.2) is 18.0 Å². The molecule has 8 aromatic rings. The molecule has 3 heteroatoms. The SMILES string of the molecule is C[Si]1(C)c2ccccc2-c2nc(-c3cccc(-c4cccc(-c5cccc(-c6ccc(-c7ccccc7)cc6)c5)c4)c3)nc(-c3ccccc3)c21. The number of fused-ring (bicyclic) bond motifs is 3. The van der Waals surface area contributed by atoms with Crippen LogP contribution in [0.5, 0.6) is 0 Å². The van der Waals surface area contributed by atoms with Gasteiger partial charge in [-0.2, -0.15) is 0 Å². The first-order chi connectivity index (χ1) is 25.0. The summed E-state index contributed by atoms with van der Waals surface area (Å²) >= 11 is 0. The Morgan fingerprint density at radius 3 is 1.31 bits per heavy atom. The second kappa shape index (κ2) is 12.6. The van der Waals surface area contributed by atoms with Crippen LogP contribution in [0.3, 0.4) is 0 Å². The molecular formula is C48H36N2Si. The molecule has 2 nitrogen and oxygen atoms in total. The number of benzene rings is 7. The van der Waals surface area contributed by atoms with Crippen molar-refractivity contribution in [2.45, 2.75) is 13.1 Å². The maximum atomic E-state index is 5.35. The summed E-state index contributed by atoms with van der Waals surface area (Å²) < 4.78 is 0. The van der Waals surface area contributed by atoms with Gasteiger partial charge in [-0.05, 0) is 78.6 Å². The van der Waals surface area contributed by atoms with Crippen molar-refractivity contribution in [3.8, 4) is 78.4 Å². The largest absolute Gasteiger partial charge is 0.228 e. The van der Waals surface area contributed by atoms with E-state index in [1.54, 1.807) is 0 Å². The van der Waals surface area contributed by atoms with Crippen molar-refractivity contribution < 1.29 is 0 Å². The van der Waals surface area contributed by atoms with Gasteiger partial charge in [0.05, 0.1) is 11.4 Å². The first kappa shape index (κ1) is 30.9. The van der Waals surface area contributed by atoms with Gasteiger partial charge in [0.2, 0.25) is 0 Å². The highest BCUT2D eigenvalue weighted by Gasteiger charge is 2.41. The highest BCUT2D eigenvalue weighted by atomic mass is 28.3. The van der Waals surface area contributed by atoms with Gasteiger partial charge < -0.3 is 0 Å². The lowest BCUT2D eigenvalue weighted by Gasteiger charge is -2.21. The molecule has 0 radical (unpaired) electrons. The standard InChI is InChI=1S/C48H36N2Si/c1-51(2)44-25-10-9-24-43(44)46-47(51)45(36-16-7-4-8-17-36)49-48(50-46)42-23-13-22-41(32-42)40-21-12-20-39(31-40)38-19-11-18-37(30-38)35-28-26-34(27-29-35)33-14-5-3-6-15-33/h3-32H,1-2H3. The molecular weight excluding hydrogens is 633 g/mol. The Hall–Kier alpha value is -6.16. The topological polar surface area (TPSA) is 25.8 Å². The van der Waals surface area contributed by atoms with Crippen molar-refractivity contribution in [1.82, 2.24) is 9.97 Å². The van der Waals surface area contributed by atoms with Gasteiger partial charge in [0, 0.05) is 11.1 Å². The van der Waals surface area contributed by atoms with E-state index in [1.165, 1.54) is 49.3 Å². The smallest absolute Gasteiger partial charge is 0.160 e. The maximum absolute atomic E-state index is 5.35. The first-order valence-electron chi connectivity index (χ1n) is 17.6. The number of nitrogens with zero attached hydrogens (tertiary/aromatic N) is 2. The molecule has 0 spiro atoms. The fourth-order valence-electron chi connectivity index (χ4n) is 7.63. The number of rotatable bonds is 6. The Labute approximate surface area is 300 Å². The summed E-state index contributed by atoms with van der Waals surface area (Å²) in [5.41, 5.74) is 15.1. The van der Waals surface area contributed by atoms with Crippen molar-refractivity contribution in [3.05, 3.63) is 182 Å². The van der Waals surface area contributed by atoms with Crippen LogP contribution in [0.25, 0.3) is 78.4 Å². The molecule has 1 aromatic heterocycles. The second-order valence-corrected chi connectivity index (χ2v) is 18.1. The molecule has 0 N–H and O–H groups in total. The average molecular weight is 669 g/mol. The van der Waals surface area contributed by atoms with E-state index in [9.17, 15) is 0 Å². The Morgan fingerprint density at radius 2 is 0.725 bits per heavy atom. The van der Waals surface area contributed by atoms with Gasteiger partial charge in [0.1, 0.15) is 8.07 Å². The predicted molar refractivity (Wildman–Crippen MR) is 217 cm³/mol. The van der Waals surface area contributed by atoms with Gasteiger partial charge in [-0.15, -0.1) is 0 Å². The van der Waals surface area contributed by atoms with Gasteiger partial charge in [-0.3, -0.25) is 0 Å². The van der Waals surface area contributed by atoms with E-state index < -0.39 is 8.07 Å². The molecule has 9 rings (SSSR count). The third-order valence-electron chi connectivity index (χ3n) is 10.3. The molecule has 0 saturated heterocycles. The van der Waals surface area contributed by atoms with E-state index in [2.05, 4.69) is 195 Å². The molecule has 1 aliphatic rings. The van der Waals surface area contributed by atoms with Crippen LogP contribution in [0.1, 0.15) is 0 Å². The molecule has 0 bridgehead atoms. The van der Waals surface area contributed by atoms with Crippen LogP contribution in [0, 0.1) is 0 Å². The van der Waals surface area contributed by atoms with Crippen LogP contribution < -0.4 is 10.4 Å². The third-order valence-corrected chi connectivity index (χ3v) is 13.8. The van der Waals surface area contributed by atoms with E-state index in [1.807, 2.05) is 0 Å². The normalized spacial score (nSPS) is 12.7. The zero-order valence-corrected chi connectivity index (χ0v) is 29.7. The summed E-state index contributed by atoms with van der Waals surface area (Å²) in [4.78, 5) is 10.7. The van der Waals surface area contributed by atoms with Gasteiger partial charge in [0.25, 0.3) is 0 Å². The summed E-state index contributed by atoms with van der Waals surface area (Å²) in [7, 11) is -2.00. The quantitative estimate of drug-likeness (QED) is 0.165.